The van der Waals surface area contributed by atoms with Gasteiger partial charge in [-0.15, -0.1) is 0 Å². The first kappa shape index (κ1) is 17.7. The van der Waals surface area contributed by atoms with Crippen molar-refractivity contribution in [2.45, 2.75) is 59.1 Å². The lowest BCUT2D eigenvalue weighted by Crippen LogP contribution is -2.27. The van der Waals surface area contributed by atoms with Gasteiger partial charge in [0.05, 0.1) is 17.6 Å². The molecular weight excluding hydrogens is 314 g/mol. The topological polar surface area (TPSA) is 73.0 Å². The van der Waals surface area contributed by atoms with E-state index in [1.807, 2.05) is 25.5 Å². The molecule has 2 heterocycles. The van der Waals surface area contributed by atoms with Crippen LogP contribution in [0.3, 0.4) is 0 Å². The molecule has 128 valence electrons. The Morgan fingerprint density at radius 3 is 2.17 bits per heavy atom. The minimum Gasteiger partial charge on any atom is -0.270 e. The summed E-state index contributed by atoms with van der Waals surface area (Å²) in [7, 11) is -1.99. The van der Waals surface area contributed by atoms with Gasteiger partial charge in [-0.1, -0.05) is 0 Å². The molecule has 8 heteroatoms. The van der Waals surface area contributed by atoms with Gasteiger partial charge in [-0.2, -0.15) is 14.5 Å². The van der Waals surface area contributed by atoms with Crippen molar-refractivity contribution in [3.8, 4) is 0 Å². The molecular formula is C15H25N5O2S. The monoisotopic (exact) mass is 339 g/mol. The molecule has 0 aromatic carbocycles. The molecule has 0 saturated heterocycles. The lowest BCUT2D eigenvalue weighted by molar-refractivity contribution is 0.464. The van der Waals surface area contributed by atoms with E-state index in [2.05, 4.69) is 10.2 Å². The van der Waals surface area contributed by atoms with E-state index in [4.69, 9.17) is 0 Å². The van der Waals surface area contributed by atoms with Crippen molar-refractivity contribution >= 4 is 10.0 Å². The zero-order valence-electron chi connectivity index (χ0n) is 14.7. The van der Waals surface area contributed by atoms with E-state index < -0.39 is 10.0 Å². The predicted molar refractivity (Wildman–Crippen MR) is 88.7 cm³/mol. The lowest BCUT2D eigenvalue weighted by Gasteiger charge is -2.17. The van der Waals surface area contributed by atoms with Crippen molar-refractivity contribution in [3.05, 3.63) is 28.8 Å². The normalized spacial score (nSPS) is 12.3. The summed E-state index contributed by atoms with van der Waals surface area (Å²) in [4.78, 5) is 0.308. The molecule has 0 spiro atoms. The number of nitrogens with zero attached hydrogens (tertiary/aromatic N) is 5. The van der Waals surface area contributed by atoms with Crippen molar-refractivity contribution in [2.24, 2.45) is 0 Å². The molecule has 2 aromatic rings. The summed E-state index contributed by atoms with van der Waals surface area (Å²) in [6.07, 6.45) is 1.74. The Kier molecular flexibility index (Phi) is 4.95. The molecule has 0 amide bonds. The van der Waals surface area contributed by atoms with E-state index in [1.54, 1.807) is 31.8 Å². The number of hydrogen-bond acceptors (Lipinski definition) is 4. The zero-order valence-corrected chi connectivity index (χ0v) is 15.5. The molecule has 2 rings (SSSR count). The van der Waals surface area contributed by atoms with Crippen LogP contribution in [0.15, 0.2) is 11.1 Å². The molecule has 0 saturated carbocycles. The van der Waals surface area contributed by atoms with Gasteiger partial charge in [0, 0.05) is 37.9 Å². The van der Waals surface area contributed by atoms with Crippen LogP contribution in [0.25, 0.3) is 0 Å². The number of sulfonamides is 1. The van der Waals surface area contributed by atoms with Gasteiger partial charge in [-0.3, -0.25) is 9.36 Å². The van der Waals surface area contributed by atoms with Crippen LogP contribution in [0.4, 0.5) is 0 Å². The maximum Gasteiger partial charge on any atom is 0.246 e. The summed E-state index contributed by atoms with van der Waals surface area (Å²) in [6.45, 7) is 11.2. The summed E-state index contributed by atoms with van der Waals surface area (Å²) in [5.41, 5.74) is 3.12. The van der Waals surface area contributed by atoms with E-state index >= 15 is 0 Å². The molecule has 0 atom stereocenters. The Hall–Kier alpha value is -1.67. The van der Waals surface area contributed by atoms with Gasteiger partial charge in [0.15, 0.2) is 0 Å². The number of aromatic nitrogens is 4. The Morgan fingerprint density at radius 1 is 1.09 bits per heavy atom. The second-order valence-electron chi connectivity index (χ2n) is 5.65. The molecule has 0 radical (unpaired) electrons. The number of hydrogen-bond donors (Lipinski definition) is 0. The van der Waals surface area contributed by atoms with E-state index in [1.165, 1.54) is 4.31 Å². The Labute approximate surface area is 138 Å². The molecule has 0 N–H and O–H groups in total. The standard InChI is InChI=1S/C15H25N5O2S/c1-7-19-12(4)14(9-16-19)10-18(6)23(21,22)15-11(3)17-20(8-2)13(15)5/h9H,7-8,10H2,1-6H3. The molecule has 0 aliphatic heterocycles. The minimum atomic E-state index is -3.59. The van der Waals surface area contributed by atoms with E-state index in [9.17, 15) is 8.42 Å². The van der Waals surface area contributed by atoms with Crippen LogP contribution in [0.5, 0.6) is 0 Å². The zero-order chi connectivity index (χ0) is 17.4. The number of rotatable bonds is 6. The van der Waals surface area contributed by atoms with Gasteiger partial charge in [0.25, 0.3) is 0 Å². The van der Waals surface area contributed by atoms with Gasteiger partial charge in [0.2, 0.25) is 10.0 Å². The molecule has 0 unspecified atom stereocenters. The van der Waals surface area contributed by atoms with Crippen LogP contribution in [0.1, 0.15) is 36.5 Å². The average molecular weight is 339 g/mol. The Balaban J connectivity index is 2.36. The fourth-order valence-electron chi connectivity index (χ4n) is 2.80. The van der Waals surface area contributed by atoms with Gasteiger partial charge < -0.3 is 0 Å². The Bertz CT molecular complexity index is 804. The van der Waals surface area contributed by atoms with E-state index in [-0.39, 0.29) is 0 Å². The minimum absolute atomic E-state index is 0.296. The lowest BCUT2D eigenvalue weighted by atomic mass is 10.2. The van der Waals surface area contributed by atoms with Gasteiger partial charge in [-0.05, 0) is 34.6 Å². The van der Waals surface area contributed by atoms with Crippen LogP contribution in [-0.4, -0.2) is 39.3 Å². The van der Waals surface area contributed by atoms with Crippen LogP contribution >= 0.6 is 0 Å². The van der Waals surface area contributed by atoms with Gasteiger partial charge >= 0.3 is 0 Å². The van der Waals surface area contributed by atoms with Crippen molar-refractivity contribution in [1.29, 1.82) is 0 Å². The van der Waals surface area contributed by atoms with Crippen molar-refractivity contribution in [2.75, 3.05) is 7.05 Å². The summed E-state index contributed by atoms with van der Waals surface area (Å²) in [5, 5.41) is 8.59. The summed E-state index contributed by atoms with van der Waals surface area (Å²) >= 11 is 0. The molecule has 0 bridgehead atoms. The van der Waals surface area contributed by atoms with E-state index in [0.717, 1.165) is 17.8 Å². The van der Waals surface area contributed by atoms with Crippen LogP contribution < -0.4 is 0 Å². The fraction of sp³-hybridized carbons (Fsp3) is 0.600. The third-order valence-corrected chi connectivity index (χ3v) is 6.24. The highest BCUT2D eigenvalue weighted by atomic mass is 32.2. The SMILES string of the molecule is CCn1ncc(CN(C)S(=O)(=O)c2c(C)nn(CC)c2C)c1C. The molecule has 0 aliphatic rings. The molecule has 0 aliphatic carbocycles. The van der Waals surface area contributed by atoms with Crippen molar-refractivity contribution in [3.63, 3.8) is 0 Å². The highest BCUT2D eigenvalue weighted by Crippen LogP contribution is 2.24. The molecule has 2 aromatic heterocycles. The Morgan fingerprint density at radius 2 is 1.70 bits per heavy atom. The van der Waals surface area contributed by atoms with E-state index in [0.29, 0.717) is 29.4 Å². The van der Waals surface area contributed by atoms with Crippen LogP contribution in [-0.2, 0) is 29.7 Å². The van der Waals surface area contributed by atoms with Crippen molar-refractivity contribution < 1.29 is 8.42 Å². The number of aryl methyl sites for hydroxylation is 3. The maximum absolute atomic E-state index is 12.9. The highest BCUT2D eigenvalue weighted by Gasteiger charge is 2.29. The van der Waals surface area contributed by atoms with Crippen LogP contribution in [0, 0.1) is 20.8 Å². The average Bonchev–Trinajstić information content (AvgIpc) is 2.99. The first-order valence-corrected chi connectivity index (χ1v) is 9.19. The first-order chi connectivity index (χ1) is 10.7. The second kappa shape index (κ2) is 6.45. The summed E-state index contributed by atoms with van der Waals surface area (Å²) in [5.74, 6) is 0. The third-order valence-electron chi connectivity index (χ3n) is 4.18. The first-order valence-electron chi connectivity index (χ1n) is 7.75. The maximum atomic E-state index is 12.9. The summed E-state index contributed by atoms with van der Waals surface area (Å²) < 4.78 is 30.8. The molecule has 7 nitrogen and oxygen atoms in total. The highest BCUT2D eigenvalue weighted by molar-refractivity contribution is 7.89. The quantitative estimate of drug-likeness (QED) is 0.805. The second-order valence-corrected chi connectivity index (χ2v) is 7.63. The molecule has 0 fully saturated rings. The van der Waals surface area contributed by atoms with Crippen LogP contribution in [0.2, 0.25) is 0 Å². The predicted octanol–water partition coefficient (Wildman–Crippen LogP) is 1.87. The largest absolute Gasteiger partial charge is 0.270 e. The fourth-order valence-corrected chi connectivity index (χ4v) is 4.32. The van der Waals surface area contributed by atoms with Gasteiger partial charge in [0.1, 0.15) is 4.90 Å². The van der Waals surface area contributed by atoms with Crippen molar-refractivity contribution in [1.82, 2.24) is 23.9 Å². The molecule has 23 heavy (non-hydrogen) atoms. The summed E-state index contributed by atoms with van der Waals surface area (Å²) in [6, 6.07) is 0. The smallest absolute Gasteiger partial charge is 0.246 e. The van der Waals surface area contributed by atoms with Gasteiger partial charge in [-0.25, -0.2) is 8.42 Å². The third kappa shape index (κ3) is 3.05.